The second kappa shape index (κ2) is 8.02. The predicted octanol–water partition coefficient (Wildman–Crippen LogP) is 2.21. The Morgan fingerprint density at radius 2 is 1.79 bits per heavy atom. The predicted molar refractivity (Wildman–Crippen MR) is 85.3 cm³/mol. The molecule has 5 nitrogen and oxygen atoms in total. The Kier molecular flexibility index (Phi) is 6.28. The molecule has 0 amide bonds. The average molecular weight is 361 g/mol. The molecule has 1 aliphatic rings. The molecule has 0 radical (unpaired) electrons. The van der Waals surface area contributed by atoms with Crippen molar-refractivity contribution < 1.29 is 27.1 Å². The normalized spacial score (nSPS) is 16.0. The van der Waals surface area contributed by atoms with Gasteiger partial charge in [-0.2, -0.15) is 0 Å². The molecule has 0 heterocycles. The summed E-state index contributed by atoms with van der Waals surface area (Å²) >= 11 is 0. The molecule has 1 aromatic carbocycles. The third-order valence-corrected chi connectivity index (χ3v) is 5.79. The summed E-state index contributed by atoms with van der Waals surface area (Å²) in [6, 6.07) is 3.69. The minimum Gasteiger partial charge on any atom is -0.480 e. The average Bonchev–Trinajstić information content (AvgIpc) is 2.99. The lowest BCUT2D eigenvalue weighted by molar-refractivity contribution is -0.134. The molecule has 2 rings (SSSR count). The molecular formula is C16H21F2NO4S. The van der Waals surface area contributed by atoms with Gasteiger partial charge in [-0.3, -0.25) is 9.69 Å². The molecule has 134 valence electrons. The van der Waals surface area contributed by atoms with Crippen LogP contribution in [0, 0.1) is 11.6 Å². The molecule has 0 atom stereocenters. The van der Waals surface area contributed by atoms with Crippen molar-refractivity contribution in [1.29, 1.82) is 0 Å². The summed E-state index contributed by atoms with van der Waals surface area (Å²) in [5.74, 6) is -3.99. The van der Waals surface area contributed by atoms with Crippen molar-refractivity contribution in [2.24, 2.45) is 0 Å². The number of carboxylic acids is 1. The highest BCUT2D eigenvalue weighted by atomic mass is 32.2. The van der Waals surface area contributed by atoms with E-state index in [1.165, 1.54) is 18.2 Å². The Morgan fingerprint density at radius 1 is 1.21 bits per heavy atom. The van der Waals surface area contributed by atoms with E-state index in [2.05, 4.69) is 0 Å². The van der Waals surface area contributed by atoms with Gasteiger partial charge in [-0.05, 0) is 25.0 Å². The molecule has 1 saturated carbocycles. The van der Waals surface area contributed by atoms with Crippen molar-refractivity contribution in [3.8, 4) is 0 Å². The minimum atomic E-state index is -3.75. The summed E-state index contributed by atoms with van der Waals surface area (Å²) in [5, 5.41) is 8.64. The number of halogens is 2. The SMILES string of the molecule is O=C(O)CS(=O)(=O)CCN(Cc1c(F)cccc1F)C1CCCC1. The standard InChI is InChI=1S/C16H21F2NO4S/c17-14-6-3-7-15(18)13(14)10-19(12-4-1-2-5-12)8-9-24(22,23)11-16(20)21/h3,6-7,12H,1-2,4-5,8-11H2,(H,20,21). The Hall–Kier alpha value is -1.54. The Balaban J connectivity index is 2.12. The van der Waals surface area contributed by atoms with E-state index >= 15 is 0 Å². The van der Waals surface area contributed by atoms with Crippen molar-refractivity contribution >= 4 is 15.8 Å². The lowest BCUT2D eigenvalue weighted by Gasteiger charge is -2.29. The van der Waals surface area contributed by atoms with Gasteiger partial charge in [0, 0.05) is 24.7 Å². The van der Waals surface area contributed by atoms with Crippen molar-refractivity contribution in [3.63, 3.8) is 0 Å². The van der Waals surface area contributed by atoms with E-state index in [9.17, 15) is 22.0 Å². The maximum absolute atomic E-state index is 13.9. The zero-order valence-corrected chi connectivity index (χ0v) is 14.1. The quantitative estimate of drug-likeness (QED) is 0.768. The van der Waals surface area contributed by atoms with Crippen LogP contribution in [0.2, 0.25) is 0 Å². The van der Waals surface area contributed by atoms with Gasteiger partial charge in [0.05, 0.1) is 5.75 Å². The van der Waals surface area contributed by atoms with Gasteiger partial charge in [0.1, 0.15) is 17.4 Å². The van der Waals surface area contributed by atoms with Crippen LogP contribution in [0.5, 0.6) is 0 Å². The van der Waals surface area contributed by atoms with E-state index < -0.39 is 33.2 Å². The molecule has 1 aromatic rings. The first-order valence-corrected chi connectivity index (χ1v) is 9.70. The highest BCUT2D eigenvalue weighted by Crippen LogP contribution is 2.26. The summed E-state index contributed by atoms with van der Waals surface area (Å²) < 4.78 is 51.3. The monoisotopic (exact) mass is 361 g/mol. The highest BCUT2D eigenvalue weighted by molar-refractivity contribution is 7.92. The first kappa shape index (κ1) is 18.8. The number of carboxylic acid groups (broad SMARTS) is 1. The van der Waals surface area contributed by atoms with E-state index in [4.69, 9.17) is 5.11 Å². The smallest absolute Gasteiger partial charge is 0.318 e. The molecule has 8 heteroatoms. The zero-order chi connectivity index (χ0) is 17.7. The summed E-state index contributed by atoms with van der Waals surface area (Å²) in [4.78, 5) is 12.4. The number of hydrogen-bond donors (Lipinski definition) is 1. The van der Waals surface area contributed by atoms with Gasteiger partial charge >= 0.3 is 5.97 Å². The summed E-state index contributed by atoms with van der Waals surface area (Å²) in [7, 11) is -3.75. The lowest BCUT2D eigenvalue weighted by Crippen LogP contribution is -2.38. The first-order valence-electron chi connectivity index (χ1n) is 7.87. The van der Waals surface area contributed by atoms with E-state index in [1.54, 1.807) is 4.90 Å². The van der Waals surface area contributed by atoms with Gasteiger partial charge in [0.15, 0.2) is 9.84 Å². The Labute approximate surface area is 140 Å². The van der Waals surface area contributed by atoms with Crippen LogP contribution in [-0.4, -0.2) is 48.5 Å². The topological polar surface area (TPSA) is 74.7 Å². The van der Waals surface area contributed by atoms with Crippen molar-refractivity contribution in [1.82, 2.24) is 4.90 Å². The lowest BCUT2D eigenvalue weighted by atomic mass is 10.1. The number of aliphatic carboxylic acids is 1. The van der Waals surface area contributed by atoms with Crippen LogP contribution in [0.4, 0.5) is 8.78 Å². The third-order valence-electron chi connectivity index (χ3n) is 4.30. The van der Waals surface area contributed by atoms with Gasteiger partial charge in [-0.15, -0.1) is 0 Å². The fourth-order valence-corrected chi connectivity index (χ4v) is 4.10. The van der Waals surface area contributed by atoms with Gasteiger partial charge in [-0.1, -0.05) is 18.9 Å². The largest absolute Gasteiger partial charge is 0.480 e. The van der Waals surface area contributed by atoms with Gasteiger partial charge in [0.25, 0.3) is 0 Å². The van der Waals surface area contributed by atoms with E-state index in [0.29, 0.717) is 0 Å². The number of sulfone groups is 1. The van der Waals surface area contributed by atoms with Crippen LogP contribution in [0.25, 0.3) is 0 Å². The molecule has 0 aliphatic heterocycles. The minimum absolute atomic E-state index is 0.0221. The number of rotatable bonds is 8. The molecule has 0 aromatic heterocycles. The van der Waals surface area contributed by atoms with E-state index in [-0.39, 0.29) is 30.4 Å². The third kappa shape index (κ3) is 5.24. The van der Waals surface area contributed by atoms with Crippen LogP contribution in [0.3, 0.4) is 0 Å². The summed E-state index contributed by atoms with van der Waals surface area (Å²) in [5.41, 5.74) is -0.0833. The first-order chi connectivity index (χ1) is 11.3. The maximum Gasteiger partial charge on any atom is 0.318 e. The Morgan fingerprint density at radius 3 is 2.33 bits per heavy atom. The van der Waals surface area contributed by atoms with E-state index in [1.807, 2.05) is 0 Å². The second-order valence-electron chi connectivity index (χ2n) is 6.09. The second-order valence-corrected chi connectivity index (χ2v) is 8.28. The molecule has 1 fully saturated rings. The summed E-state index contributed by atoms with van der Waals surface area (Å²) in [6.45, 7) is 0.0415. The van der Waals surface area contributed by atoms with Gasteiger partial charge in [-0.25, -0.2) is 17.2 Å². The highest BCUT2D eigenvalue weighted by Gasteiger charge is 2.26. The number of hydrogen-bond acceptors (Lipinski definition) is 4. The zero-order valence-electron chi connectivity index (χ0n) is 13.2. The van der Waals surface area contributed by atoms with Crippen molar-refractivity contribution in [3.05, 3.63) is 35.4 Å². The van der Waals surface area contributed by atoms with Crippen molar-refractivity contribution in [2.45, 2.75) is 38.3 Å². The van der Waals surface area contributed by atoms with Crippen LogP contribution >= 0.6 is 0 Å². The van der Waals surface area contributed by atoms with Crippen LogP contribution < -0.4 is 0 Å². The Bertz CT molecular complexity index is 667. The maximum atomic E-state index is 13.9. The molecular weight excluding hydrogens is 340 g/mol. The molecule has 0 bridgehead atoms. The fourth-order valence-electron chi connectivity index (χ4n) is 3.06. The van der Waals surface area contributed by atoms with Gasteiger partial charge in [0.2, 0.25) is 0 Å². The molecule has 1 N–H and O–H groups in total. The summed E-state index contributed by atoms with van der Waals surface area (Å²) in [6.07, 6.45) is 3.66. The van der Waals surface area contributed by atoms with Crippen molar-refractivity contribution in [2.75, 3.05) is 18.1 Å². The number of benzene rings is 1. The molecule has 24 heavy (non-hydrogen) atoms. The van der Waals surface area contributed by atoms with Gasteiger partial charge < -0.3 is 5.11 Å². The van der Waals surface area contributed by atoms with Crippen LogP contribution in [0.1, 0.15) is 31.2 Å². The van der Waals surface area contributed by atoms with Crippen LogP contribution in [0.15, 0.2) is 18.2 Å². The number of carbonyl (C=O) groups is 1. The fraction of sp³-hybridized carbons (Fsp3) is 0.562. The molecule has 0 saturated heterocycles. The molecule has 0 spiro atoms. The number of nitrogens with zero attached hydrogens (tertiary/aromatic N) is 1. The van der Waals surface area contributed by atoms with Crippen LogP contribution in [-0.2, 0) is 21.2 Å². The molecule has 1 aliphatic carbocycles. The van der Waals surface area contributed by atoms with E-state index in [0.717, 1.165) is 25.7 Å². The molecule has 0 unspecified atom stereocenters.